The fourth-order valence-corrected chi connectivity index (χ4v) is 1.67. The van der Waals surface area contributed by atoms with Gasteiger partial charge in [0.25, 0.3) is 0 Å². The second-order valence-electron chi connectivity index (χ2n) is 3.02. The highest BCUT2D eigenvalue weighted by Gasteiger charge is 2.14. The van der Waals surface area contributed by atoms with Crippen LogP contribution in [0.3, 0.4) is 0 Å². The van der Waals surface area contributed by atoms with Crippen LogP contribution in [0.2, 0.25) is 5.02 Å². The maximum Gasteiger partial charge on any atom is 0.128 e. The Morgan fingerprint density at radius 2 is 2.23 bits per heavy atom. The van der Waals surface area contributed by atoms with Crippen LogP contribution in [-0.4, -0.2) is 6.54 Å². The van der Waals surface area contributed by atoms with Gasteiger partial charge in [-0.2, -0.15) is 0 Å². The van der Waals surface area contributed by atoms with E-state index in [0.29, 0.717) is 23.6 Å². The molecule has 1 rings (SSSR count). The first-order chi connectivity index (χ1) is 6.16. The fourth-order valence-electron chi connectivity index (χ4n) is 1.33. The van der Waals surface area contributed by atoms with Gasteiger partial charge in [0.2, 0.25) is 0 Å². The van der Waals surface area contributed by atoms with E-state index >= 15 is 0 Å². The van der Waals surface area contributed by atoms with Gasteiger partial charge in [0, 0.05) is 10.6 Å². The van der Waals surface area contributed by atoms with Crippen molar-refractivity contribution in [1.29, 1.82) is 0 Å². The molecule has 13 heavy (non-hydrogen) atoms. The van der Waals surface area contributed by atoms with Crippen LogP contribution in [0.15, 0.2) is 18.2 Å². The van der Waals surface area contributed by atoms with Gasteiger partial charge >= 0.3 is 0 Å². The maximum atomic E-state index is 13.5. The van der Waals surface area contributed by atoms with Gasteiger partial charge in [-0.1, -0.05) is 23.7 Å². The molecule has 72 valence electrons. The van der Waals surface area contributed by atoms with E-state index in [0.717, 1.165) is 5.56 Å². The average Bonchev–Trinajstić information content (AvgIpc) is 2.04. The summed E-state index contributed by atoms with van der Waals surface area (Å²) in [5, 5.41) is 0.487. The molecule has 3 heteroatoms. The number of benzene rings is 1. The lowest BCUT2D eigenvalue weighted by Gasteiger charge is -2.11. The van der Waals surface area contributed by atoms with Crippen molar-refractivity contribution in [2.75, 3.05) is 6.54 Å². The van der Waals surface area contributed by atoms with Gasteiger partial charge in [0.1, 0.15) is 6.17 Å². The number of halogens is 2. The zero-order valence-corrected chi connectivity index (χ0v) is 8.31. The molecule has 0 aliphatic rings. The molecule has 1 atom stereocenters. The van der Waals surface area contributed by atoms with Gasteiger partial charge in [0.05, 0.1) is 0 Å². The van der Waals surface area contributed by atoms with Crippen molar-refractivity contribution >= 4 is 11.6 Å². The summed E-state index contributed by atoms with van der Waals surface area (Å²) in [7, 11) is 0. The summed E-state index contributed by atoms with van der Waals surface area (Å²) >= 11 is 5.88. The summed E-state index contributed by atoms with van der Waals surface area (Å²) in [5.41, 5.74) is 6.75. The molecule has 0 aliphatic heterocycles. The van der Waals surface area contributed by atoms with E-state index in [2.05, 4.69) is 0 Å². The molecule has 0 aliphatic carbocycles. The molecule has 1 nitrogen and oxygen atoms in total. The van der Waals surface area contributed by atoms with E-state index in [-0.39, 0.29) is 0 Å². The lowest BCUT2D eigenvalue weighted by molar-refractivity contribution is 0.326. The Labute approximate surface area is 82.7 Å². The van der Waals surface area contributed by atoms with Crippen molar-refractivity contribution in [2.45, 2.75) is 19.5 Å². The van der Waals surface area contributed by atoms with Crippen LogP contribution < -0.4 is 5.73 Å². The topological polar surface area (TPSA) is 26.0 Å². The summed E-state index contributed by atoms with van der Waals surface area (Å²) in [6.07, 6.45) is -0.719. The summed E-state index contributed by atoms with van der Waals surface area (Å²) in [4.78, 5) is 0. The van der Waals surface area contributed by atoms with Gasteiger partial charge in [-0.15, -0.1) is 0 Å². The van der Waals surface area contributed by atoms with E-state index in [4.69, 9.17) is 17.3 Å². The summed E-state index contributed by atoms with van der Waals surface area (Å²) in [5.74, 6) is 0. The number of hydrogen-bond acceptors (Lipinski definition) is 1. The molecule has 0 fully saturated rings. The molecule has 0 radical (unpaired) electrons. The number of aryl methyl sites for hydroxylation is 1. The smallest absolute Gasteiger partial charge is 0.128 e. The first-order valence-corrected chi connectivity index (χ1v) is 4.63. The predicted octanol–water partition coefficient (Wildman–Crippen LogP) is 3.01. The fraction of sp³-hybridized carbons (Fsp3) is 0.400. The second-order valence-corrected chi connectivity index (χ2v) is 3.42. The van der Waals surface area contributed by atoms with E-state index in [9.17, 15) is 4.39 Å². The molecular formula is C10H13ClFN. The van der Waals surface area contributed by atoms with Crippen molar-refractivity contribution in [3.05, 3.63) is 34.3 Å². The van der Waals surface area contributed by atoms with Crippen molar-refractivity contribution in [1.82, 2.24) is 0 Å². The van der Waals surface area contributed by atoms with E-state index in [1.807, 2.05) is 19.1 Å². The highest BCUT2D eigenvalue weighted by Crippen LogP contribution is 2.30. The summed E-state index contributed by atoms with van der Waals surface area (Å²) in [6.45, 7) is 2.19. The molecule has 0 saturated carbocycles. The third-order valence-electron chi connectivity index (χ3n) is 2.00. The molecule has 0 spiro atoms. The van der Waals surface area contributed by atoms with Crippen molar-refractivity contribution in [2.24, 2.45) is 5.73 Å². The average molecular weight is 202 g/mol. The molecule has 0 bridgehead atoms. The first-order valence-electron chi connectivity index (χ1n) is 4.26. The van der Waals surface area contributed by atoms with E-state index in [1.54, 1.807) is 6.07 Å². The first kappa shape index (κ1) is 10.5. The number of nitrogens with two attached hydrogens (primary N) is 1. The van der Waals surface area contributed by atoms with Crippen LogP contribution in [0.5, 0.6) is 0 Å². The summed E-state index contributed by atoms with van der Waals surface area (Å²) < 4.78 is 13.5. The number of hydrogen-bond donors (Lipinski definition) is 1. The number of alkyl halides is 1. The zero-order valence-electron chi connectivity index (χ0n) is 7.56. The molecule has 0 aromatic heterocycles. The Bertz CT molecular complexity index is 268. The third-order valence-corrected chi connectivity index (χ3v) is 2.33. The number of rotatable bonds is 3. The molecule has 0 saturated heterocycles. The Morgan fingerprint density at radius 3 is 2.77 bits per heavy atom. The molecular weight excluding hydrogens is 189 g/mol. The highest BCUT2D eigenvalue weighted by molar-refractivity contribution is 6.31. The van der Waals surface area contributed by atoms with Crippen LogP contribution in [0.4, 0.5) is 4.39 Å². The minimum Gasteiger partial charge on any atom is -0.330 e. The van der Waals surface area contributed by atoms with Crippen LogP contribution in [-0.2, 0) is 0 Å². The van der Waals surface area contributed by atoms with Crippen LogP contribution >= 0.6 is 11.6 Å². The van der Waals surface area contributed by atoms with Crippen LogP contribution in [0.1, 0.15) is 23.7 Å². The minimum absolute atomic E-state index is 0.324. The van der Waals surface area contributed by atoms with Gasteiger partial charge in [-0.3, -0.25) is 0 Å². The minimum atomic E-state index is -1.04. The van der Waals surface area contributed by atoms with Crippen molar-refractivity contribution < 1.29 is 4.39 Å². The third kappa shape index (κ3) is 2.42. The van der Waals surface area contributed by atoms with E-state index in [1.165, 1.54) is 0 Å². The van der Waals surface area contributed by atoms with Crippen LogP contribution in [0, 0.1) is 6.92 Å². The quantitative estimate of drug-likeness (QED) is 0.800. The Balaban J connectivity index is 2.98. The normalized spacial score (nSPS) is 12.9. The van der Waals surface area contributed by atoms with Gasteiger partial charge < -0.3 is 5.73 Å². The zero-order chi connectivity index (χ0) is 9.84. The van der Waals surface area contributed by atoms with Gasteiger partial charge in [0.15, 0.2) is 0 Å². The Morgan fingerprint density at radius 1 is 1.54 bits per heavy atom. The SMILES string of the molecule is Cc1cccc(Cl)c1C(F)CCN. The lowest BCUT2D eigenvalue weighted by Crippen LogP contribution is -2.05. The summed E-state index contributed by atoms with van der Waals surface area (Å²) in [6, 6.07) is 5.37. The molecule has 2 N–H and O–H groups in total. The monoisotopic (exact) mass is 201 g/mol. The second kappa shape index (κ2) is 4.58. The molecule has 1 unspecified atom stereocenters. The van der Waals surface area contributed by atoms with Gasteiger partial charge in [-0.25, -0.2) is 4.39 Å². The highest BCUT2D eigenvalue weighted by atomic mass is 35.5. The van der Waals surface area contributed by atoms with Crippen LogP contribution in [0.25, 0.3) is 0 Å². The van der Waals surface area contributed by atoms with Crippen molar-refractivity contribution in [3.8, 4) is 0 Å². The lowest BCUT2D eigenvalue weighted by atomic mass is 10.0. The van der Waals surface area contributed by atoms with Crippen molar-refractivity contribution in [3.63, 3.8) is 0 Å². The largest absolute Gasteiger partial charge is 0.330 e. The Hall–Kier alpha value is -0.600. The molecule has 1 aromatic carbocycles. The predicted molar refractivity (Wildman–Crippen MR) is 53.7 cm³/mol. The Kier molecular flexibility index (Phi) is 3.70. The van der Waals surface area contributed by atoms with Gasteiger partial charge in [-0.05, 0) is 31.5 Å². The molecule has 0 heterocycles. The molecule has 1 aromatic rings. The maximum absolute atomic E-state index is 13.5. The molecule has 0 amide bonds. The van der Waals surface area contributed by atoms with E-state index < -0.39 is 6.17 Å². The standard InChI is InChI=1S/C10H13ClFN/c1-7-3-2-4-8(11)10(7)9(12)5-6-13/h2-4,9H,5-6,13H2,1H3.